The van der Waals surface area contributed by atoms with E-state index in [4.69, 9.17) is 5.11 Å². The van der Waals surface area contributed by atoms with Gasteiger partial charge in [0.05, 0.1) is 13.0 Å². The maximum Gasteiger partial charge on any atom is 0.303 e. The smallest absolute Gasteiger partial charge is 0.303 e. The molecule has 1 heterocycles. The normalized spacial score (nSPS) is 15.1. The first-order valence-electron chi connectivity index (χ1n) is 6.19. The molecule has 0 radical (unpaired) electrons. The molecule has 0 unspecified atom stereocenters. The quantitative estimate of drug-likeness (QED) is 0.813. The van der Waals surface area contributed by atoms with Crippen LogP contribution in [0.2, 0.25) is 0 Å². The van der Waals surface area contributed by atoms with E-state index in [0.717, 1.165) is 11.3 Å². The lowest BCUT2D eigenvalue weighted by atomic mass is 10.1. The highest BCUT2D eigenvalue weighted by atomic mass is 16.4. The van der Waals surface area contributed by atoms with Crippen LogP contribution in [0.25, 0.3) is 0 Å². The van der Waals surface area contributed by atoms with Gasteiger partial charge >= 0.3 is 5.97 Å². The number of ketones is 1. The Morgan fingerprint density at radius 3 is 2.42 bits per heavy atom. The Morgan fingerprint density at radius 2 is 1.89 bits per heavy atom. The largest absolute Gasteiger partial charge is 0.481 e. The average Bonchev–Trinajstić information content (AvgIpc) is 2.69. The monoisotopic (exact) mass is 261 g/mol. The van der Waals surface area contributed by atoms with Gasteiger partial charge in [-0.15, -0.1) is 0 Å². The summed E-state index contributed by atoms with van der Waals surface area (Å²) in [5.41, 5.74) is 1.75. The zero-order valence-corrected chi connectivity index (χ0v) is 10.5. The number of hydrogen-bond donors (Lipinski definition) is 1. The van der Waals surface area contributed by atoms with Gasteiger partial charge in [0.2, 0.25) is 5.91 Å². The van der Waals surface area contributed by atoms with Crippen molar-refractivity contribution in [1.29, 1.82) is 0 Å². The van der Waals surface area contributed by atoms with Gasteiger partial charge in [-0.05, 0) is 30.5 Å². The number of aryl methyl sites for hydroxylation is 1. The molecule has 0 atom stereocenters. The number of amides is 1. The summed E-state index contributed by atoms with van der Waals surface area (Å²) in [7, 11) is 0. The van der Waals surface area contributed by atoms with E-state index < -0.39 is 5.97 Å². The van der Waals surface area contributed by atoms with Crippen LogP contribution in [0.1, 0.15) is 24.8 Å². The number of anilines is 1. The van der Waals surface area contributed by atoms with Crippen LogP contribution in [-0.4, -0.2) is 29.3 Å². The Hall–Kier alpha value is -2.17. The summed E-state index contributed by atoms with van der Waals surface area (Å²) in [5, 5.41) is 8.56. The van der Waals surface area contributed by atoms with Crippen molar-refractivity contribution in [3.8, 4) is 0 Å². The van der Waals surface area contributed by atoms with Crippen molar-refractivity contribution >= 4 is 23.3 Å². The minimum absolute atomic E-state index is 0.0135. The standard InChI is InChI=1S/C14H15NO4/c16-12-8-13(17)15(9-12)11-6-4-10(5-7-11)2-1-3-14(18)19/h4-7H,1-3,8-9H2,(H,18,19). The average molecular weight is 261 g/mol. The van der Waals surface area contributed by atoms with Crippen LogP contribution in [0, 0.1) is 0 Å². The van der Waals surface area contributed by atoms with Gasteiger partial charge < -0.3 is 10.0 Å². The molecule has 0 aromatic heterocycles. The lowest BCUT2D eigenvalue weighted by Gasteiger charge is -2.14. The number of rotatable bonds is 5. The van der Waals surface area contributed by atoms with E-state index in [1.54, 1.807) is 12.1 Å². The van der Waals surface area contributed by atoms with Crippen LogP contribution in [0.3, 0.4) is 0 Å². The zero-order chi connectivity index (χ0) is 13.8. The summed E-state index contributed by atoms with van der Waals surface area (Å²) in [6.07, 6.45) is 1.43. The SMILES string of the molecule is O=C(O)CCCc1ccc(N2CC(=O)CC2=O)cc1. The number of carboxylic acid groups (broad SMARTS) is 1. The molecule has 1 aliphatic rings. The third kappa shape index (κ3) is 3.40. The second-order valence-corrected chi connectivity index (χ2v) is 4.61. The molecule has 0 aliphatic carbocycles. The molecule has 5 heteroatoms. The van der Waals surface area contributed by atoms with Gasteiger partial charge in [0, 0.05) is 12.1 Å². The van der Waals surface area contributed by atoms with Crippen LogP contribution in [0.4, 0.5) is 5.69 Å². The van der Waals surface area contributed by atoms with Crippen LogP contribution < -0.4 is 4.90 Å². The minimum Gasteiger partial charge on any atom is -0.481 e. The Bertz CT molecular complexity index is 507. The van der Waals surface area contributed by atoms with Gasteiger partial charge in [-0.1, -0.05) is 12.1 Å². The second kappa shape index (κ2) is 5.65. The molecule has 2 rings (SSSR count). The summed E-state index contributed by atoms with van der Waals surface area (Å²) >= 11 is 0. The molecule has 1 aliphatic heterocycles. The molecular weight excluding hydrogens is 246 g/mol. The minimum atomic E-state index is -0.794. The molecule has 5 nitrogen and oxygen atoms in total. The Morgan fingerprint density at radius 1 is 1.21 bits per heavy atom. The summed E-state index contributed by atoms with van der Waals surface area (Å²) in [5.74, 6) is -1.02. The molecule has 1 fully saturated rings. The van der Waals surface area contributed by atoms with Gasteiger partial charge in [0.1, 0.15) is 0 Å². The molecular formula is C14H15NO4. The Balaban J connectivity index is 1.96. The molecule has 1 aromatic rings. The molecule has 0 spiro atoms. The van der Waals surface area contributed by atoms with E-state index >= 15 is 0 Å². The summed E-state index contributed by atoms with van der Waals surface area (Å²) in [4.78, 5) is 34.6. The molecule has 1 aromatic carbocycles. The molecule has 100 valence electrons. The number of Topliss-reactive ketones (excluding diaryl/α,β-unsaturated/α-hetero) is 1. The van der Waals surface area contributed by atoms with E-state index in [2.05, 4.69) is 0 Å². The van der Waals surface area contributed by atoms with Gasteiger partial charge in [0.15, 0.2) is 5.78 Å². The van der Waals surface area contributed by atoms with Gasteiger partial charge in [-0.25, -0.2) is 0 Å². The highest BCUT2D eigenvalue weighted by Crippen LogP contribution is 2.20. The van der Waals surface area contributed by atoms with Crippen molar-refractivity contribution in [2.24, 2.45) is 0 Å². The first kappa shape index (κ1) is 13.3. The Labute approximate surface area is 110 Å². The van der Waals surface area contributed by atoms with Gasteiger partial charge in [0.25, 0.3) is 0 Å². The molecule has 19 heavy (non-hydrogen) atoms. The van der Waals surface area contributed by atoms with Crippen molar-refractivity contribution in [3.05, 3.63) is 29.8 Å². The lowest BCUT2D eigenvalue weighted by Crippen LogP contribution is -2.24. The van der Waals surface area contributed by atoms with Gasteiger partial charge in [-0.2, -0.15) is 0 Å². The first-order chi connectivity index (χ1) is 9.06. The predicted octanol–water partition coefficient (Wildman–Crippen LogP) is 1.40. The predicted molar refractivity (Wildman–Crippen MR) is 69.0 cm³/mol. The fourth-order valence-electron chi connectivity index (χ4n) is 2.11. The van der Waals surface area contributed by atoms with Crippen molar-refractivity contribution in [1.82, 2.24) is 0 Å². The van der Waals surface area contributed by atoms with Gasteiger partial charge in [-0.3, -0.25) is 14.4 Å². The summed E-state index contributed by atoms with van der Waals surface area (Å²) in [6, 6.07) is 7.33. The number of carboxylic acids is 1. The number of carbonyl (C=O) groups excluding carboxylic acids is 2. The van der Waals surface area contributed by atoms with E-state index in [-0.39, 0.29) is 31.1 Å². The third-order valence-corrected chi connectivity index (χ3v) is 3.09. The highest BCUT2D eigenvalue weighted by Gasteiger charge is 2.28. The fraction of sp³-hybridized carbons (Fsp3) is 0.357. The zero-order valence-electron chi connectivity index (χ0n) is 10.5. The lowest BCUT2D eigenvalue weighted by molar-refractivity contribution is -0.137. The molecule has 1 saturated heterocycles. The van der Waals surface area contributed by atoms with E-state index in [1.807, 2.05) is 12.1 Å². The number of benzene rings is 1. The van der Waals surface area contributed by atoms with Crippen molar-refractivity contribution in [2.45, 2.75) is 25.7 Å². The van der Waals surface area contributed by atoms with Crippen molar-refractivity contribution < 1.29 is 19.5 Å². The van der Waals surface area contributed by atoms with Crippen LogP contribution in [0.5, 0.6) is 0 Å². The Kier molecular flexibility index (Phi) is 3.94. The number of carbonyl (C=O) groups is 3. The number of nitrogens with zero attached hydrogens (tertiary/aromatic N) is 1. The van der Waals surface area contributed by atoms with E-state index in [9.17, 15) is 14.4 Å². The van der Waals surface area contributed by atoms with Crippen molar-refractivity contribution in [2.75, 3.05) is 11.4 Å². The summed E-state index contributed by atoms with van der Waals surface area (Å²) in [6.45, 7) is 0.150. The second-order valence-electron chi connectivity index (χ2n) is 4.61. The molecule has 1 amide bonds. The maximum absolute atomic E-state index is 11.6. The van der Waals surface area contributed by atoms with Crippen molar-refractivity contribution in [3.63, 3.8) is 0 Å². The highest BCUT2D eigenvalue weighted by molar-refractivity contribution is 6.15. The molecule has 0 saturated carbocycles. The first-order valence-corrected chi connectivity index (χ1v) is 6.19. The maximum atomic E-state index is 11.6. The van der Waals surface area contributed by atoms with Crippen LogP contribution >= 0.6 is 0 Å². The fourth-order valence-corrected chi connectivity index (χ4v) is 2.11. The van der Waals surface area contributed by atoms with Crippen LogP contribution in [0.15, 0.2) is 24.3 Å². The number of hydrogen-bond acceptors (Lipinski definition) is 3. The topological polar surface area (TPSA) is 74.7 Å². The van der Waals surface area contributed by atoms with E-state index in [0.29, 0.717) is 12.8 Å². The third-order valence-electron chi connectivity index (χ3n) is 3.09. The molecule has 0 bridgehead atoms. The van der Waals surface area contributed by atoms with Crippen LogP contribution in [-0.2, 0) is 20.8 Å². The molecule has 1 N–H and O–H groups in total. The summed E-state index contributed by atoms with van der Waals surface area (Å²) < 4.78 is 0. The van der Waals surface area contributed by atoms with E-state index in [1.165, 1.54) is 4.90 Å². The number of aliphatic carboxylic acids is 1.